The molecule has 0 atom stereocenters. The number of carboxylic acid groups (broad SMARTS) is 1. The molecule has 1 aromatic carbocycles. The van der Waals surface area contributed by atoms with Crippen molar-refractivity contribution in [1.29, 1.82) is 0 Å². The number of rotatable bonds is 4. The number of nitrogens with one attached hydrogen (secondary N) is 2. The molecule has 0 amide bonds. The van der Waals surface area contributed by atoms with Crippen LogP contribution in [0.4, 0.5) is 5.69 Å². The molecule has 0 bridgehead atoms. The molecule has 0 aromatic heterocycles. The van der Waals surface area contributed by atoms with E-state index in [2.05, 4.69) is 28.8 Å². The Bertz CT molecular complexity index is 481. The third-order valence-electron chi connectivity index (χ3n) is 3.92. The zero-order chi connectivity index (χ0) is 12.6. The van der Waals surface area contributed by atoms with Crippen LogP contribution < -0.4 is 10.6 Å². The Morgan fingerprint density at radius 2 is 2.11 bits per heavy atom. The van der Waals surface area contributed by atoms with Crippen molar-refractivity contribution in [1.82, 2.24) is 5.32 Å². The number of fused-ring (bicyclic) bond motifs is 1. The number of anilines is 1. The summed E-state index contributed by atoms with van der Waals surface area (Å²) < 4.78 is 0. The van der Waals surface area contributed by atoms with Gasteiger partial charge >= 0.3 is 5.97 Å². The van der Waals surface area contributed by atoms with Gasteiger partial charge in [0.15, 0.2) is 0 Å². The van der Waals surface area contributed by atoms with Crippen LogP contribution in [0.1, 0.15) is 24.0 Å². The largest absolute Gasteiger partial charge is 0.481 e. The molecule has 96 valence electrons. The first kappa shape index (κ1) is 11.5. The highest BCUT2D eigenvalue weighted by Crippen LogP contribution is 2.28. The Hall–Kier alpha value is -1.55. The van der Waals surface area contributed by atoms with E-state index in [4.69, 9.17) is 5.11 Å². The van der Waals surface area contributed by atoms with Crippen molar-refractivity contribution in [2.75, 3.05) is 18.4 Å². The van der Waals surface area contributed by atoms with Crippen LogP contribution in [-0.4, -0.2) is 29.7 Å². The maximum absolute atomic E-state index is 10.9. The minimum Gasteiger partial charge on any atom is -0.481 e. The first-order chi connectivity index (χ1) is 8.67. The number of carboxylic acids is 1. The van der Waals surface area contributed by atoms with Crippen LogP contribution in [0.25, 0.3) is 0 Å². The fourth-order valence-corrected chi connectivity index (χ4v) is 2.93. The average Bonchev–Trinajstić information content (AvgIpc) is 2.72. The molecule has 1 saturated heterocycles. The van der Waals surface area contributed by atoms with Gasteiger partial charge in [-0.2, -0.15) is 0 Å². The van der Waals surface area contributed by atoms with E-state index in [1.165, 1.54) is 24.0 Å². The highest BCUT2D eigenvalue weighted by molar-refractivity contribution is 5.70. The van der Waals surface area contributed by atoms with Crippen LogP contribution in [0.2, 0.25) is 0 Å². The van der Waals surface area contributed by atoms with Crippen LogP contribution >= 0.6 is 0 Å². The summed E-state index contributed by atoms with van der Waals surface area (Å²) in [5.74, 6) is -0.745. The standard InChI is InChI=1S/C14H18N2O2/c17-13(18)7-14(8-15-9-14)16-12-5-4-10-2-1-3-11(10)6-12/h4-6,15-16H,1-3,7-9H2,(H,17,18). The molecule has 0 unspecified atom stereocenters. The molecule has 0 saturated carbocycles. The fraction of sp³-hybridized carbons (Fsp3) is 0.500. The van der Waals surface area contributed by atoms with Crippen LogP contribution in [0.5, 0.6) is 0 Å². The van der Waals surface area contributed by atoms with Crippen molar-refractivity contribution in [3.8, 4) is 0 Å². The summed E-state index contributed by atoms with van der Waals surface area (Å²) in [4.78, 5) is 10.9. The topological polar surface area (TPSA) is 61.4 Å². The second-order valence-electron chi connectivity index (χ2n) is 5.42. The minimum atomic E-state index is -0.745. The first-order valence-corrected chi connectivity index (χ1v) is 6.49. The Kier molecular flexibility index (Phi) is 2.74. The van der Waals surface area contributed by atoms with E-state index in [0.717, 1.165) is 25.2 Å². The predicted octanol–water partition coefficient (Wildman–Crippen LogP) is 1.40. The summed E-state index contributed by atoms with van der Waals surface area (Å²) in [5, 5.41) is 15.5. The molecule has 1 fully saturated rings. The summed E-state index contributed by atoms with van der Waals surface area (Å²) in [6.45, 7) is 1.44. The summed E-state index contributed by atoms with van der Waals surface area (Å²) in [5.41, 5.74) is 3.61. The molecular weight excluding hydrogens is 228 g/mol. The third kappa shape index (κ3) is 2.08. The highest BCUT2D eigenvalue weighted by Gasteiger charge is 2.39. The SMILES string of the molecule is O=C(O)CC1(Nc2ccc3c(c2)CCC3)CNC1. The second-order valence-corrected chi connectivity index (χ2v) is 5.42. The van der Waals surface area contributed by atoms with Gasteiger partial charge in [0.1, 0.15) is 0 Å². The van der Waals surface area contributed by atoms with Crippen molar-refractivity contribution >= 4 is 11.7 Å². The summed E-state index contributed by atoms with van der Waals surface area (Å²) >= 11 is 0. The van der Waals surface area contributed by atoms with E-state index in [1.54, 1.807) is 0 Å². The Morgan fingerprint density at radius 1 is 1.33 bits per heavy atom. The van der Waals surface area contributed by atoms with Crippen molar-refractivity contribution in [2.45, 2.75) is 31.2 Å². The van der Waals surface area contributed by atoms with Gasteiger partial charge in [-0.05, 0) is 42.5 Å². The van der Waals surface area contributed by atoms with Gasteiger partial charge in [0.25, 0.3) is 0 Å². The van der Waals surface area contributed by atoms with Crippen LogP contribution in [0.15, 0.2) is 18.2 Å². The number of carbonyl (C=O) groups is 1. The maximum atomic E-state index is 10.9. The molecule has 4 heteroatoms. The van der Waals surface area contributed by atoms with Crippen molar-refractivity contribution in [3.63, 3.8) is 0 Å². The van der Waals surface area contributed by atoms with E-state index in [9.17, 15) is 4.79 Å². The molecule has 1 aliphatic heterocycles. The molecule has 18 heavy (non-hydrogen) atoms. The highest BCUT2D eigenvalue weighted by atomic mass is 16.4. The number of hydrogen-bond donors (Lipinski definition) is 3. The van der Waals surface area contributed by atoms with Gasteiger partial charge in [-0.3, -0.25) is 4.79 Å². The summed E-state index contributed by atoms with van der Waals surface area (Å²) in [6.07, 6.45) is 3.73. The lowest BCUT2D eigenvalue weighted by atomic mass is 9.88. The van der Waals surface area contributed by atoms with Crippen molar-refractivity contribution in [2.24, 2.45) is 0 Å². The van der Waals surface area contributed by atoms with E-state index in [1.807, 2.05) is 0 Å². The third-order valence-corrected chi connectivity index (χ3v) is 3.92. The smallest absolute Gasteiger partial charge is 0.305 e. The second kappa shape index (κ2) is 4.28. The molecule has 1 aliphatic carbocycles. The van der Waals surface area contributed by atoms with Gasteiger partial charge in [0.05, 0.1) is 12.0 Å². The number of aryl methyl sites for hydroxylation is 2. The molecular formula is C14H18N2O2. The fourth-order valence-electron chi connectivity index (χ4n) is 2.93. The normalized spacial score (nSPS) is 20.0. The molecule has 1 heterocycles. The minimum absolute atomic E-state index is 0.164. The molecule has 0 spiro atoms. The van der Waals surface area contributed by atoms with Gasteiger partial charge in [-0.25, -0.2) is 0 Å². The van der Waals surface area contributed by atoms with Gasteiger partial charge in [0.2, 0.25) is 0 Å². The zero-order valence-electron chi connectivity index (χ0n) is 10.3. The van der Waals surface area contributed by atoms with Crippen LogP contribution in [0, 0.1) is 0 Å². The summed E-state index contributed by atoms with van der Waals surface area (Å²) in [6, 6.07) is 6.43. The zero-order valence-corrected chi connectivity index (χ0v) is 10.3. The van der Waals surface area contributed by atoms with Crippen LogP contribution in [-0.2, 0) is 17.6 Å². The molecule has 3 N–H and O–H groups in total. The molecule has 1 aromatic rings. The lowest BCUT2D eigenvalue weighted by Crippen LogP contribution is -2.65. The van der Waals surface area contributed by atoms with Gasteiger partial charge in [-0.15, -0.1) is 0 Å². The molecule has 0 radical (unpaired) electrons. The average molecular weight is 246 g/mol. The summed E-state index contributed by atoms with van der Waals surface area (Å²) in [7, 11) is 0. The lowest BCUT2D eigenvalue weighted by Gasteiger charge is -2.43. The van der Waals surface area contributed by atoms with E-state index in [0.29, 0.717) is 0 Å². The van der Waals surface area contributed by atoms with Gasteiger partial charge in [-0.1, -0.05) is 6.07 Å². The van der Waals surface area contributed by atoms with Gasteiger partial charge in [0, 0.05) is 18.8 Å². The number of benzene rings is 1. The molecule has 3 rings (SSSR count). The van der Waals surface area contributed by atoms with Gasteiger partial charge < -0.3 is 15.7 Å². The monoisotopic (exact) mass is 246 g/mol. The Labute approximate surface area is 106 Å². The predicted molar refractivity (Wildman–Crippen MR) is 69.9 cm³/mol. The molecule has 4 nitrogen and oxygen atoms in total. The maximum Gasteiger partial charge on any atom is 0.305 e. The number of hydrogen-bond acceptors (Lipinski definition) is 3. The van der Waals surface area contributed by atoms with E-state index >= 15 is 0 Å². The van der Waals surface area contributed by atoms with E-state index in [-0.39, 0.29) is 12.0 Å². The van der Waals surface area contributed by atoms with E-state index < -0.39 is 5.97 Å². The Balaban J connectivity index is 1.77. The molecule has 2 aliphatic rings. The first-order valence-electron chi connectivity index (χ1n) is 6.49. The van der Waals surface area contributed by atoms with Crippen LogP contribution in [0.3, 0.4) is 0 Å². The number of aliphatic carboxylic acids is 1. The quantitative estimate of drug-likeness (QED) is 0.751. The van der Waals surface area contributed by atoms with Crippen molar-refractivity contribution < 1.29 is 9.90 Å². The van der Waals surface area contributed by atoms with Crippen molar-refractivity contribution in [3.05, 3.63) is 29.3 Å². The Morgan fingerprint density at radius 3 is 2.78 bits per heavy atom. The lowest BCUT2D eigenvalue weighted by molar-refractivity contribution is -0.138.